The summed E-state index contributed by atoms with van der Waals surface area (Å²) in [6.07, 6.45) is 0. The fraction of sp³-hybridized carbons (Fsp3) is 0.0667. The molecule has 4 nitrogen and oxygen atoms in total. The van der Waals surface area contributed by atoms with Gasteiger partial charge in [-0.25, -0.2) is 9.18 Å². The van der Waals surface area contributed by atoms with Gasteiger partial charge in [0, 0.05) is 4.47 Å². The zero-order valence-electron chi connectivity index (χ0n) is 11.3. The van der Waals surface area contributed by atoms with Crippen molar-refractivity contribution in [1.29, 1.82) is 0 Å². The molecule has 2 aromatic rings. The van der Waals surface area contributed by atoms with Crippen molar-refractivity contribution in [3.05, 3.63) is 62.8 Å². The lowest BCUT2D eigenvalue weighted by atomic mass is 10.1. The van der Waals surface area contributed by atoms with E-state index in [1.54, 1.807) is 12.1 Å². The standard InChI is InChI=1S/C15H10BrClFNO3/c1-22-15(21)8-2-5-12(18)13(6-8)19-14(20)10-7-9(16)3-4-11(10)17/h2-7H,1H3,(H,19,20). The maximum Gasteiger partial charge on any atom is 0.337 e. The number of esters is 1. The molecule has 0 spiro atoms. The smallest absolute Gasteiger partial charge is 0.337 e. The summed E-state index contributed by atoms with van der Waals surface area (Å²) in [6.45, 7) is 0. The van der Waals surface area contributed by atoms with Gasteiger partial charge in [0.15, 0.2) is 0 Å². The molecule has 0 unspecified atom stereocenters. The van der Waals surface area contributed by atoms with Crippen molar-refractivity contribution in [3.8, 4) is 0 Å². The van der Waals surface area contributed by atoms with Gasteiger partial charge in [0.25, 0.3) is 5.91 Å². The highest BCUT2D eigenvalue weighted by molar-refractivity contribution is 9.10. The molecule has 2 aromatic carbocycles. The molecule has 1 N–H and O–H groups in total. The second kappa shape index (κ2) is 6.89. The average Bonchev–Trinajstić information content (AvgIpc) is 2.50. The maximum absolute atomic E-state index is 13.8. The molecular weight excluding hydrogens is 377 g/mol. The van der Waals surface area contributed by atoms with Crippen LogP contribution in [0.15, 0.2) is 40.9 Å². The third kappa shape index (κ3) is 3.64. The van der Waals surface area contributed by atoms with Crippen LogP contribution in [0.2, 0.25) is 5.02 Å². The van der Waals surface area contributed by atoms with Gasteiger partial charge in [-0.15, -0.1) is 0 Å². The molecule has 0 radical (unpaired) electrons. The Morgan fingerprint density at radius 3 is 2.64 bits per heavy atom. The quantitative estimate of drug-likeness (QED) is 0.801. The summed E-state index contributed by atoms with van der Waals surface area (Å²) in [5.74, 6) is -1.89. The SMILES string of the molecule is COC(=O)c1ccc(F)c(NC(=O)c2cc(Br)ccc2Cl)c1. The summed E-state index contributed by atoms with van der Waals surface area (Å²) in [4.78, 5) is 23.6. The van der Waals surface area contributed by atoms with E-state index in [-0.39, 0.29) is 21.8 Å². The molecule has 114 valence electrons. The Labute approximate surface area is 139 Å². The topological polar surface area (TPSA) is 55.4 Å². The number of amides is 1. The number of hydrogen-bond acceptors (Lipinski definition) is 3. The molecule has 0 aromatic heterocycles. The van der Waals surface area contributed by atoms with E-state index in [0.29, 0.717) is 4.47 Å². The summed E-state index contributed by atoms with van der Waals surface area (Å²) in [7, 11) is 1.21. The predicted molar refractivity (Wildman–Crippen MR) is 84.8 cm³/mol. The molecule has 0 heterocycles. The van der Waals surface area contributed by atoms with Crippen molar-refractivity contribution in [1.82, 2.24) is 0 Å². The Balaban J connectivity index is 2.32. The number of rotatable bonds is 3. The van der Waals surface area contributed by atoms with E-state index in [1.807, 2.05) is 0 Å². The Kier molecular flexibility index (Phi) is 5.15. The van der Waals surface area contributed by atoms with Crippen LogP contribution < -0.4 is 5.32 Å². The third-order valence-corrected chi connectivity index (χ3v) is 3.63. The summed E-state index contributed by atoms with van der Waals surface area (Å²) in [5.41, 5.74) is 0.169. The van der Waals surface area contributed by atoms with Crippen LogP contribution in [0.3, 0.4) is 0 Å². The number of ether oxygens (including phenoxy) is 1. The van der Waals surface area contributed by atoms with Gasteiger partial charge in [0.1, 0.15) is 5.82 Å². The van der Waals surface area contributed by atoms with Gasteiger partial charge in [-0.2, -0.15) is 0 Å². The van der Waals surface area contributed by atoms with Crippen LogP contribution in [-0.2, 0) is 4.74 Å². The number of anilines is 1. The minimum absolute atomic E-state index is 0.125. The highest BCUT2D eigenvalue weighted by Crippen LogP contribution is 2.23. The monoisotopic (exact) mass is 385 g/mol. The zero-order valence-corrected chi connectivity index (χ0v) is 13.7. The van der Waals surface area contributed by atoms with Crippen molar-refractivity contribution in [2.75, 3.05) is 12.4 Å². The van der Waals surface area contributed by atoms with E-state index < -0.39 is 17.7 Å². The number of benzene rings is 2. The van der Waals surface area contributed by atoms with E-state index in [0.717, 1.165) is 6.07 Å². The van der Waals surface area contributed by atoms with Gasteiger partial charge in [-0.3, -0.25) is 4.79 Å². The zero-order chi connectivity index (χ0) is 16.3. The Morgan fingerprint density at radius 1 is 1.23 bits per heavy atom. The average molecular weight is 387 g/mol. The van der Waals surface area contributed by atoms with Gasteiger partial charge in [-0.1, -0.05) is 27.5 Å². The third-order valence-electron chi connectivity index (χ3n) is 2.81. The predicted octanol–water partition coefficient (Wildman–Crippen LogP) is 4.28. The first kappa shape index (κ1) is 16.5. The fourth-order valence-electron chi connectivity index (χ4n) is 1.73. The molecule has 0 bridgehead atoms. The first-order chi connectivity index (χ1) is 10.4. The highest BCUT2D eigenvalue weighted by atomic mass is 79.9. The molecular formula is C15H10BrClFNO3. The van der Waals surface area contributed by atoms with E-state index in [1.165, 1.54) is 25.3 Å². The molecule has 2 rings (SSSR count). The second-order valence-corrected chi connectivity index (χ2v) is 5.59. The molecule has 0 saturated carbocycles. The molecule has 7 heteroatoms. The minimum atomic E-state index is -0.674. The Bertz CT molecular complexity index is 752. The van der Waals surface area contributed by atoms with Crippen molar-refractivity contribution < 1.29 is 18.7 Å². The number of hydrogen-bond donors (Lipinski definition) is 1. The summed E-state index contributed by atoms with van der Waals surface area (Å²) in [5, 5.41) is 2.61. The lowest BCUT2D eigenvalue weighted by Gasteiger charge is -2.09. The van der Waals surface area contributed by atoms with Crippen LogP contribution >= 0.6 is 27.5 Å². The van der Waals surface area contributed by atoms with Crippen LogP contribution in [0, 0.1) is 5.82 Å². The van der Waals surface area contributed by atoms with E-state index >= 15 is 0 Å². The lowest BCUT2D eigenvalue weighted by Crippen LogP contribution is -2.14. The van der Waals surface area contributed by atoms with Crippen LogP contribution in [0.5, 0.6) is 0 Å². The maximum atomic E-state index is 13.8. The molecule has 0 aliphatic rings. The van der Waals surface area contributed by atoms with Gasteiger partial charge < -0.3 is 10.1 Å². The van der Waals surface area contributed by atoms with Gasteiger partial charge in [0.05, 0.1) is 28.9 Å². The van der Waals surface area contributed by atoms with E-state index in [2.05, 4.69) is 26.0 Å². The van der Waals surface area contributed by atoms with Crippen LogP contribution in [0.4, 0.5) is 10.1 Å². The summed E-state index contributed by atoms with van der Waals surface area (Å²) >= 11 is 9.18. The number of methoxy groups -OCH3 is 1. The lowest BCUT2D eigenvalue weighted by molar-refractivity contribution is 0.0600. The van der Waals surface area contributed by atoms with E-state index in [9.17, 15) is 14.0 Å². The highest BCUT2D eigenvalue weighted by Gasteiger charge is 2.15. The molecule has 0 aliphatic carbocycles. The molecule has 1 amide bonds. The summed E-state index contributed by atoms with van der Waals surface area (Å²) in [6, 6.07) is 8.28. The van der Waals surface area contributed by atoms with Gasteiger partial charge in [-0.05, 0) is 36.4 Å². The van der Waals surface area contributed by atoms with E-state index in [4.69, 9.17) is 11.6 Å². The van der Waals surface area contributed by atoms with Crippen molar-refractivity contribution in [2.24, 2.45) is 0 Å². The molecule has 22 heavy (non-hydrogen) atoms. The number of nitrogens with one attached hydrogen (secondary N) is 1. The van der Waals surface area contributed by atoms with Crippen LogP contribution in [0.25, 0.3) is 0 Å². The molecule has 0 aliphatic heterocycles. The number of carbonyl (C=O) groups excluding carboxylic acids is 2. The van der Waals surface area contributed by atoms with Crippen molar-refractivity contribution in [3.63, 3.8) is 0 Å². The van der Waals surface area contributed by atoms with Crippen molar-refractivity contribution >= 4 is 45.1 Å². The minimum Gasteiger partial charge on any atom is -0.465 e. The normalized spacial score (nSPS) is 10.2. The largest absolute Gasteiger partial charge is 0.465 e. The first-order valence-corrected chi connectivity index (χ1v) is 7.23. The summed E-state index contributed by atoms with van der Waals surface area (Å²) < 4.78 is 19.0. The number of halogens is 3. The Morgan fingerprint density at radius 2 is 1.95 bits per heavy atom. The van der Waals surface area contributed by atoms with Crippen molar-refractivity contribution in [2.45, 2.75) is 0 Å². The molecule has 0 fully saturated rings. The Hall–Kier alpha value is -1.92. The fourth-order valence-corrected chi connectivity index (χ4v) is 2.29. The molecule has 0 saturated heterocycles. The second-order valence-electron chi connectivity index (χ2n) is 4.26. The van der Waals surface area contributed by atoms with Crippen LogP contribution in [-0.4, -0.2) is 19.0 Å². The first-order valence-electron chi connectivity index (χ1n) is 6.06. The van der Waals surface area contributed by atoms with Gasteiger partial charge in [0.2, 0.25) is 0 Å². The van der Waals surface area contributed by atoms with Gasteiger partial charge >= 0.3 is 5.97 Å². The molecule has 0 atom stereocenters. The number of carbonyl (C=O) groups is 2. The van der Waals surface area contributed by atoms with Crippen LogP contribution in [0.1, 0.15) is 20.7 Å².